The Labute approximate surface area is 226 Å². The molecule has 0 unspecified atom stereocenters. The van der Waals surface area contributed by atoms with Crippen molar-refractivity contribution in [2.45, 2.75) is 58.8 Å². The fraction of sp³-hybridized carbons (Fsp3) is 0.517. The lowest BCUT2D eigenvalue weighted by Gasteiger charge is -2.34. The summed E-state index contributed by atoms with van der Waals surface area (Å²) < 4.78 is 11.8. The topological polar surface area (TPSA) is 103 Å². The Balaban J connectivity index is 1.85. The molecule has 0 aliphatic carbocycles. The molecule has 3 rings (SSSR count). The van der Waals surface area contributed by atoms with Gasteiger partial charge in [0.15, 0.2) is 0 Å². The van der Waals surface area contributed by atoms with E-state index in [0.29, 0.717) is 30.1 Å². The largest absolute Gasteiger partial charge is 0.497 e. The first-order valence-corrected chi connectivity index (χ1v) is 13.2. The van der Waals surface area contributed by atoms with Crippen LogP contribution in [0.1, 0.15) is 38.8 Å². The molecule has 9 heteroatoms. The van der Waals surface area contributed by atoms with Crippen molar-refractivity contribution in [1.29, 1.82) is 0 Å². The Morgan fingerprint density at radius 2 is 1.92 bits per heavy atom. The number of carbonyl (C=O) groups excluding carboxylic acids is 2. The van der Waals surface area contributed by atoms with Crippen LogP contribution in [0.2, 0.25) is 0 Å². The molecule has 9 nitrogen and oxygen atoms in total. The van der Waals surface area contributed by atoms with Crippen LogP contribution in [0.3, 0.4) is 0 Å². The van der Waals surface area contributed by atoms with Crippen LogP contribution < -0.4 is 20.1 Å². The highest BCUT2D eigenvalue weighted by Gasteiger charge is 2.31. The maximum absolute atomic E-state index is 13.4. The number of aliphatic hydroxyl groups is 1. The molecular formula is C29H42N4O5. The summed E-state index contributed by atoms with van der Waals surface area (Å²) in [6.45, 7) is 9.42. The standard InChI is InChI=1S/C29H42N4O5/c1-19(2)30-29(36)31-24-9-12-26-23(13-24)14-28(35)33(21(4)18-34)15-20(3)27(38-26)17-32(5)16-22-7-10-25(37-6)11-8-22/h7-13,19-21,27,34H,14-18H2,1-6H3,(H2,30,31,36)/t20-,21-,27+/m0/s1. The van der Waals surface area contributed by atoms with Crippen LogP contribution in [0, 0.1) is 5.92 Å². The number of amides is 3. The van der Waals surface area contributed by atoms with Crippen LogP contribution in [0.4, 0.5) is 10.5 Å². The predicted molar refractivity (Wildman–Crippen MR) is 149 cm³/mol. The van der Waals surface area contributed by atoms with Crippen molar-refractivity contribution >= 4 is 17.6 Å². The van der Waals surface area contributed by atoms with Crippen molar-refractivity contribution in [3.05, 3.63) is 53.6 Å². The fourth-order valence-electron chi connectivity index (χ4n) is 4.57. The van der Waals surface area contributed by atoms with E-state index in [1.54, 1.807) is 24.1 Å². The van der Waals surface area contributed by atoms with Crippen molar-refractivity contribution < 1.29 is 24.2 Å². The van der Waals surface area contributed by atoms with Crippen LogP contribution in [0.25, 0.3) is 0 Å². The Bertz CT molecular complexity index is 1080. The lowest BCUT2D eigenvalue weighted by atomic mass is 10.0. The number of hydrogen-bond acceptors (Lipinski definition) is 6. The van der Waals surface area contributed by atoms with E-state index in [4.69, 9.17) is 9.47 Å². The van der Waals surface area contributed by atoms with Gasteiger partial charge in [-0.25, -0.2) is 4.79 Å². The average Bonchev–Trinajstić information content (AvgIpc) is 2.91. The van der Waals surface area contributed by atoms with Crippen molar-refractivity contribution in [1.82, 2.24) is 15.1 Å². The van der Waals surface area contributed by atoms with E-state index in [1.807, 2.05) is 58.2 Å². The van der Waals surface area contributed by atoms with Crippen LogP contribution >= 0.6 is 0 Å². The smallest absolute Gasteiger partial charge is 0.319 e. The number of rotatable bonds is 9. The molecule has 1 aliphatic heterocycles. The lowest BCUT2D eigenvalue weighted by Crippen LogP contribution is -2.47. The third kappa shape index (κ3) is 8.10. The van der Waals surface area contributed by atoms with Crippen LogP contribution in [0.15, 0.2) is 42.5 Å². The number of anilines is 1. The third-order valence-electron chi connectivity index (χ3n) is 6.70. The van der Waals surface area contributed by atoms with Crippen molar-refractivity contribution in [2.24, 2.45) is 5.92 Å². The molecular weight excluding hydrogens is 484 g/mol. The molecule has 3 amide bonds. The van der Waals surface area contributed by atoms with Gasteiger partial charge in [0.2, 0.25) is 5.91 Å². The molecule has 208 valence electrons. The van der Waals surface area contributed by atoms with E-state index in [1.165, 1.54) is 0 Å². The summed E-state index contributed by atoms with van der Waals surface area (Å²) in [7, 11) is 3.70. The molecule has 2 aromatic carbocycles. The molecule has 0 fully saturated rings. The van der Waals surface area contributed by atoms with E-state index >= 15 is 0 Å². The number of carbonyl (C=O) groups is 2. The van der Waals surface area contributed by atoms with Gasteiger partial charge in [-0.05, 0) is 63.7 Å². The maximum Gasteiger partial charge on any atom is 0.319 e. The van der Waals surface area contributed by atoms with Gasteiger partial charge >= 0.3 is 6.03 Å². The number of methoxy groups -OCH3 is 1. The Kier molecular flexibility index (Phi) is 10.4. The number of aliphatic hydroxyl groups excluding tert-OH is 1. The van der Waals surface area contributed by atoms with Gasteiger partial charge in [-0.3, -0.25) is 9.69 Å². The van der Waals surface area contributed by atoms with Gasteiger partial charge in [-0.1, -0.05) is 19.1 Å². The molecule has 0 saturated heterocycles. The maximum atomic E-state index is 13.4. The molecule has 0 radical (unpaired) electrons. The minimum absolute atomic E-state index is 0.00144. The zero-order chi connectivity index (χ0) is 27.8. The second-order valence-electron chi connectivity index (χ2n) is 10.5. The number of fused-ring (bicyclic) bond motifs is 1. The molecule has 0 bridgehead atoms. The van der Waals surface area contributed by atoms with Crippen LogP contribution in [-0.4, -0.2) is 78.9 Å². The molecule has 2 aromatic rings. The van der Waals surface area contributed by atoms with Crippen molar-refractivity contribution in [3.8, 4) is 11.5 Å². The van der Waals surface area contributed by atoms with Crippen molar-refractivity contribution in [2.75, 3.05) is 39.2 Å². The normalized spacial score (nSPS) is 18.7. The summed E-state index contributed by atoms with van der Waals surface area (Å²) in [5.41, 5.74) is 2.44. The second-order valence-corrected chi connectivity index (χ2v) is 10.5. The zero-order valence-electron chi connectivity index (χ0n) is 23.4. The summed E-state index contributed by atoms with van der Waals surface area (Å²) in [4.78, 5) is 29.6. The van der Waals surface area contributed by atoms with E-state index in [0.717, 1.165) is 17.9 Å². The van der Waals surface area contributed by atoms with Gasteiger partial charge < -0.3 is 30.1 Å². The quantitative estimate of drug-likeness (QED) is 0.462. The third-order valence-corrected chi connectivity index (χ3v) is 6.70. The Hall–Kier alpha value is -3.30. The summed E-state index contributed by atoms with van der Waals surface area (Å²) in [5, 5.41) is 15.5. The fourth-order valence-corrected chi connectivity index (χ4v) is 4.57. The number of nitrogens with zero attached hydrogens (tertiary/aromatic N) is 2. The minimum atomic E-state index is -0.317. The summed E-state index contributed by atoms with van der Waals surface area (Å²) >= 11 is 0. The molecule has 3 atom stereocenters. The number of benzene rings is 2. The molecule has 1 aliphatic rings. The SMILES string of the molecule is COc1ccc(CN(C)C[C@H]2Oc3ccc(NC(=O)NC(C)C)cc3CC(=O)N([C@@H](C)CO)C[C@@H]2C)cc1. The van der Waals surface area contributed by atoms with E-state index in [9.17, 15) is 14.7 Å². The number of hydrogen-bond donors (Lipinski definition) is 3. The van der Waals surface area contributed by atoms with Crippen molar-refractivity contribution in [3.63, 3.8) is 0 Å². The molecule has 1 heterocycles. The lowest BCUT2D eigenvalue weighted by molar-refractivity contribution is -0.134. The zero-order valence-corrected chi connectivity index (χ0v) is 23.4. The van der Waals surface area contributed by atoms with Gasteiger partial charge in [0.1, 0.15) is 17.6 Å². The highest BCUT2D eigenvalue weighted by Crippen LogP contribution is 2.29. The number of likely N-dealkylation sites (N-methyl/N-ethyl adjacent to an activating group) is 1. The van der Waals surface area contributed by atoms with E-state index < -0.39 is 0 Å². The van der Waals surface area contributed by atoms with Gasteiger partial charge in [0.25, 0.3) is 0 Å². The highest BCUT2D eigenvalue weighted by atomic mass is 16.5. The van der Waals surface area contributed by atoms with Gasteiger partial charge in [-0.2, -0.15) is 0 Å². The van der Waals surface area contributed by atoms with Gasteiger partial charge in [0.05, 0.1) is 26.2 Å². The molecule has 38 heavy (non-hydrogen) atoms. The second kappa shape index (κ2) is 13.5. The van der Waals surface area contributed by atoms with E-state index in [-0.39, 0.29) is 49.1 Å². The average molecular weight is 527 g/mol. The summed E-state index contributed by atoms with van der Waals surface area (Å²) in [6.07, 6.45) is -0.0957. The Morgan fingerprint density at radius 1 is 1.21 bits per heavy atom. The molecule has 0 saturated carbocycles. The first-order chi connectivity index (χ1) is 18.1. The first kappa shape index (κ1) is 29.3. The molecule has 3 N–H and O–H groups in total. The van der Waals surface area contributed by atoms with Crippen LogP contribution in [-0.2, 0) is 17.8 Å². The summed E-state index contributed by atoms with van der Waals surface area (Å²) in [6, 6.07) is 12.8. The summed E-state index contributed by atoms with van der Waals surface area (Å²) in [5.74, 6) is 1.37. The molecule has 0 spiro atoms. The van der Waals surface area contributed by atoms with Gasteiger partial charge in [-0.15, -0.1) is 0 Å². The monoisotopic (exact) mass is 526 g/mol. The highest BCUT2D eigenvalue weighted by molar-refractivity contribution is 5.90. The van der Waals surface area contributed by atoms with Gasteiger partial charge in [0, 0.05) is 42.8 Å². The number of nitrogens with one attached hydrogen (secondary N) is 2. The number of ether oxygens (including phenoxy) is 2. The predicted octanol–water partition coefficient (Wildman–Crippen LogP) is 3.51. The van der Waals surface area contributed by atoms with Crippen LogP contribution in [0.5, 0.6) is 11.5 Å². The Morgan fingerprint density at radius 3 is 2.55 bits per heavy atom. The minimum Gasteiger partial charge on any atom is -0.497 e. The molecule has 0 aromatic heterocycles. The number of urea groups is 1. The van der Waals surface area contributed by atoms with E-state index in [2.05, 4.69) is 22.5 Å². The first-order valence-electron chi connectivity index (χ1n) is 13.2.